The SMILES string of the molecule is CN(CC(O)COCc1ccccc1)CC1CCCCC1. The van der Waals surface area contributed by atoms with E-state index in [1.54, 1.807) is 0 Å². The molecule has 0 aliphatic heterocycles. The van der Waals surface area contributed by atoms with Gasteiger partial charge >= 0.3 is 0 Å². The fourth-order valence-corrected chi connectivity index (χ4v) is 3.18. The predicted octanol–water partition coefficient (Wildman–Crippen LogP) is 3.08. The summed E-state index contributed by atoms with van der Waals surface area (Å²) in [5.41, 5.74) is 1.15. The van der Waals surface area contributed by atoms with E-state index in [0.717, 1.165) is 18.0 Å². The minimum absolute atomic E-state index is 0.401. The first-order valence-electron chi connectivity index (χ1n) is 8.22. The number of hydrogen-bond donors (Lipinski definition) is 1. The number of benzene rings is 1. The van der Waals surface area contributed by atoms with Crippen LogP contribution in [0.25, 0.3) is 0 Å². The number of likely N-dealkylation sites (N-methyl/N-ethyl adjacent to an activating group) is 1. The Hall–Kier alpha value is -0.900. The first-order valence-corrected chi connectivity index (χ1v) is 8.22. The Balaban J connectivity index is 1.58. The molecule has 0 bridgehead atoms. The van der Waals surface area contributed by atoms with Crippen molar-refractivity contribution in [3.05, 3.63) is 35.9 Å². The lowest BCUT2D eigenvalue weighted by Crippen LogP contribution is -2.35. The molecule has 1 aromatic rings. The Bertz CT molecular complexity index is 376. The first-order chi connectivity index (χ1) is 10.2. The first kappa shape index (κ1) is 16.5. The number of rotatable bonds is 8. The maximum atomic E-state index is 10.1. The molecule has 0 spiro atoms. The minimum atomic E-state index is -0.401. The van der Waals surface area contributed by atoms with Gasteiger partial charge in [-0.05, 0) is 31.4 Å². The Kier molecular flexibility index (Phi) is 7.20. The van der Waals surface area contributed by atoms with Gasteiger partial charge in [-0.25, -0.2) is 0 Å². The number of ether oxygens (including phenoxy) is 1. The van der Waals surface area contributed by atoms with Crippen molar-refractivity contribution < 1.29 is 9.84 Å². The van der Waals surface area contributed by atoms with Crippen molar-refractivity contribution in [2.24, 2.45) is 5.92 Å². The van der Waals surface area contributed by atoms with E-state index in [0.29, 0.717) is 19.8 Å². The lowest BCUT2D eigenvalue weighted by molar-refractivity contribution is 0.0111. The molecule has 1 aliphatic rings. The number of hydrogen-bond acceptors (Lipinski definition) is 3. The van der Waals surface area contributed by atoms with E-state index in [9.17, 15) is 5.11 Å². The maximum absolute atomic E-state index is 10.1. The summed E-state index contributed by atoms with van der Waals surface area (Å²) in [6.45, 7) is 2.79. The molecule has 2 rings (SSSR count). The van der Waals surface area contributed by atoms with Crippen LogP contribution in [0.15, 0.2) is 30.3 Å². The summed E-state index contributed by atoms with van der Waals surface area (Å²) in [5.74, 6) is 0.821. The highest BCUT2D eigenvalue weighted by Crippen LogP contribution is 2.24. The summed E-state index contributed by atoms with van der Waals surface area (Å²) in [4.78, 5) is 2.26. The fraction of sp³-hybridized carbons (Fsp3) is 0.667. The zero-order chi connectivity index (χ0) is 14.9. The van der Waals surface area contributed by atoms with Gasteiger partial charge in [0.25, 0.3) is 0 Å². The Morgan fingerprint density at radius 3 is 2.62 bits per heavy atom. The van der Waals surface area contributed by atoms with Crippen LogP contribution in [0.4, 0.5) is 0 Å². The van der Waals surface area contributed by atoms with Crippen LogP contribution in [0.1, 0.15) is 37.7 Å². The van der Waals surface area contributed by atoms with E-state index in [1.807, 2.05) is 30.3 Å². The molecule has 0 heterocycles. The van der Waals surface area contributed by atoms with Crippen molar-refractivity contribution in [3.8, 4) is 0 Å². The molecule has 21 heavy (non-hydrogen) atoms. The van der Waals surface area contributed by atoms with E-state index >= 15 is 0 Å². The van der Waals surface area contributed by atoms with Gasteiger partial charge in [-0.1, -0.05) is 49.6 Å². The standard InChI is InChI=1S/C18H29NO2/c1-19(12-16-8-4-2-5-9-16)13-18(20)15-21-14-17-10-6-3-7-11-17/h3,6-7,10-11,16,18,20H,2,4-5,8-9,12-15H2,1H3. The number of aliphatic hydroxyl groups is 1. The molecule has 1 aromatic carbocycles. The van der Waals surface area contributed by atoms with Gasteiger partial charge in [0.05, 0.1) is 19.3 Å². The molecule has 1 N–H and O–H groups in total. The van der Waals surface area contributed by atoms with Crippen molar-refractivity contribution in [2.45, 2.75) is 44.8 Å². The molecule has 1 fully saturated rings. The topological polar surface area (TPSA) is 32.7 Å². The highest BCUT2D eigenvalue weighted by atomic mass is 16.5. The van der Waals surface area contributed by atoms with E-state index in [4.69, 9.17) is 4.74 Å². The van der Waals surface area contributed by atoms with Crippen LogP contribution in [0, 0.1) is 5.92 Å². The molecular formula is C18H29NO2. The summed E-state index contributed by atoms with van der Waals surface area (Å²) in [5, 5.41) is 10.1. The third-order valence-corrected chi connectivity index (χ3v) is 4.24. The highest BCUT2D eigenvalue weighted by Gasteiger charge is 2.17. The van der Waals surface area contributed by atoms with E-state index in [2.05, 4.69) is 11.9 Å². The van der Waals surface area contributed by atoms with Gasteiger partial charge in [-0.15, -0.1) is 0 Å². The van der Waals surface area contributed by atoms with Gasteiger partial charge < -0.3 is 14.7 Å². The van der Waals surface area contributed by atoms with Crippen LogP contribution < -0.4 is 0 Å². The van der Waals surface area contributed by atoms with Crippen LogP contribution in [-0.2, 0) is 11.3 Å². The number of nitrogens with zero attached hydrogens (tertiary/aromatic N) is 1. The molecule has 1 unspecified atom stereocenters. The molecule has 118 valence electrons. The largest absolute Gasteiger partial charge is 0.389 e. The Morgan fingerprint density at radius 2 is 1.90 bits per heavy atom. The van der Waals surface area contributed by atoms with Crippen LogP contribution in [0.2, 0.25) is 0 Å². The van der Waals surface area contributed by atoms with Gasteiger partial charge in [0.15, 0.2) is 0 Å². The third kappa shape index (κ3) is 6.60. The lowest BCUT2D eigenvalue weighted by Gasteiger charge is -2.28. The summed E-state index contributed by atoms with van der Waals surface area (Å²) < 4.78 is 5.60. The lowest BCUT2D eigenvalue weighted by atomic mass is 9.89. The predicted molar refractivity (Wildman–Crippen MR) is 86.2 cm³/mol. The smallest absolute Gasteiger partial charge is 0.0900 e. The summed E-state index contributed by atoms with van der Waals surface area (Å²) in [6.07, 6.45) is 6.46. The zero-order valence-corrected chi connectivity index (χ0v) is 13.2. The van der Waals surface area contributed by atoms with E-state index in [1.165, 1.54) is 32.1 Å². The monoisotopic (exact) mass is 291 g/mol. The summed E-state index contributed by atoms with van der Waals surface area (Å²) in [7, 11) is 2.11. The average molecular weight is 291 g/mol. The van der Waals surface area contributed by atoms with Crippen molar-refractivity contribution >= 4 is 0 Å². The normalized spacial score (nSPS) is 18.0. The number of aliphatic hydroxyl groups excluding tert-OH is 1. The third-order valence-electron chi connectivity index (χ3n) is 4.24. The van der Waals surface area contributed by atoms with Gasteiger partial charge in [0.1, 0.15) is 0 Å². The Morgan fingerprint density at radius 1 is 1.19 bits per heavy atom. The van der Waals surface area contributed by atoms with Gasteiger partial charge in [-0.3, -0.25) is 0 Å². The average Bonchev–Trinajstić information content (AvgIpc) is 2.49. The van der Waals surface area contributed by atoms with Gasteiger partial charge in [0.2, 0.25) is 0 Å². The molecule has 0 aromatic heterocycles. The van der Waals surface area contributed by atoms with Crippen molar-refractivity contribution in [1.82, 2.24) is 4.90 Å². The molecule has 0 saturated heterocycles. The molecule has 3 nitrogen and oxygen atoms in total. The van der Waals surface area contributed by atoms with Gasteiger partial charge in [0, 0.05) is 13.1 Å². The zero-order valence-electron chi connectivity index (χ0n) is 13.2. The van der Waals surface area contributed by atoms with Crippen molar-refractivity contribution in [3.63, 3.8) is 0 Å². The summed E-state index contributed by atoms with van der Waals surface area (Å²) in [6, 6.07) is 10.1. The molecule has 0 amide bonds. The summed E-state index contributed by atoms with van der Waals surface area (Å²) >= 11 is 0. The fourth-order valence-electron chi connectivity index (χ4n) is 3.18. The maximum Gasteiger partial charge on any atom is 0.0900 e. The van der Waals surface area contributed by atoms with Crippen LogP contribution in [0.3, 0.4) is 0 Å². The van der Waals surface area contributed by atoms with Crippen LogP contribution in [0.5, 0.6) is 0 Å². The highest BCUT2D eigenvalue weighted by molar-refractivity contribution is 5.13. The minimum Gasteiger partial charge on any atom is -0.389 e. The molecule has 3 heteroatoms. The van der Waals surface area contributed by atoms with E-state index in [-0.39, 0.29) is 0 Å². The second-order valence-electron chi connectivity index (χ2n) is 6.38. The van der Waals surface area contributed by atoms with Crippen molar-refractivity contribution in [1.29, 1.82) is 0 Å². The van der Waals surface area contributed by atoms with E-state index < -0.39 is 6.10 Å². The van der Waals surface area contributed by atoms with Crippen molar-refractivity contribution in [2.75, 3.05) is 26.7 Å². The second-order valence-corrected chi connectivity index (χ2v) is 6.38. The van der Waals surface area contributed by atoms with Crippen LogP contribution in [-0.4, -0.2) is 42.9 Å². The van der Waals surface area contributed by atoms with Gasteiger partial charge in [-0.2, -0.15) is 0 Å². The Labute approximate surface area is 128 Å². The molecule has 1 saturated carbocycles. The molecule has 1 atom stereocenters. The van der Waals surface area contributed by atoms with Crippen LogP contribution >= 0.6 is 0 Å². The quantitative estimate of drug-likeness (QED) is 0.799. The molecular weight excluding hydrogens is 262 g/mol. The molecule has 0 radical (unpaired) electrons. The second kappa shape index (κ2) is 9.19. The molecule has 1 aliphatic carbocycles.